The highest BCUT2D eigenvalue weighted by Crippen LogP contribution is 2.13. The fraction of sp³-hybridized carbons (Fsp3) is 0.357. The van der Waals surface area contributed by atoms with Crippen LogP contribution in [0.1, 0.15) is 21.5 Å². The predicted molar refractivity (Wildman–Crippen MR) is 65.8 cm³/mol. The molecule has 0 bridgehead atoms. The molecule has 2 rings (SSSR count). The predicted octanol–water partition coefficient (Wildman–Crippen LogP) is 1.45. The first-order valence-electron chi connectivity index (χ1n) is 5.66. The molecule has 1 aromatic rings. The number of hydrogen-bond acceptors (Lipinski definition) is 2. The SMILES string of the molecule is C#Cc1cc(C(=O)N2CCOCC2)ccc1C. The van der Waals surface area contributed by atoms with Crippen molar-refractivity contribution in [3.8, 4) is 12.3 Å². The van der Waals surface area contributed by atoms with Crippen molar-refractivity contribution < 1.29 is 9.53 Å². The van der Waals surface area contributed by atoms with E-state index in [4.69, 9.17) is 11.2 Å². The minimum atomic E-state index is 0.0322. The van der Waals surface area contributed by atoms with Crippen LogP contribution in [0.5, 0.6) is 0 Å². The van der Waals surface area contributed by atoms with E-state index in [0.717, 1.165) is 11.1 Å². The molecule has 1 amide bonds. The maximum absolute atomic E-state index is 12.2. The van der Waals surface area contributed by atoms with Gasteiger partial charge in [0.15, 0.2) is 0 Å². The summed E-state index contributed by atoms with van der Waals surface area (Å²) in [6, 6.07) is 5.50. The highest BCUT2D eigenvalue weighted by Gasteiger charge is 2.18. The fourth-order valence-corrected chi connectivity index (χ4v) is 1.86. The lowest BCUT2D eigenvalue weighted by Crippen LogP contribution is -2.40. The minimum Gasteiger partial charge on any atom is -0.378 e. The van der Waals surface area contributed by atoms with Crippen molar-refractivity contribution in [1.82, 2.24) is 4.90 Å². The van der Waals surface area contributed by atoms with E-state index in [0.29, 0.717) is 31.9 Å². The second kappa shape index (κ2) is 5.03. The lowest BCUT2D eigenvalue weighted by molar-refractivity contribution is 0.0303. The third kappa shape index (κ3) is 2.48. The van der Waals surface area contributed by atoms with Crippen LogP contribution in [0.3, 0.4) is 0 Å². The summed E-state index contributed by atoms with van der Waals surface area (Å²) in [5.41, 5.74) is 2.46. The summed E-state index contributed by atoms with van der Waals surface area (Å²) in [6.45, 7) is 4.47. The van der Waals surface area contributed by atoms with Crippen LogP contribution in [0.4, 0.5) is 0 Å². The second-order valence-electron chi connectivity index (χ2n) is 4.08. The number of carbonyl (C=O) groups excluding carboxylic acids is 1. The molecule has 0 spiro atoms. The Balaban J connectivity index is 2.22. The lowest BCUT2D eigenvalue weighted by atomic mass is 10.0. The summed E-state index contributed by atoms with van der Waals surface area (Å²) in [7, 11) is 0. The molecule has 1 aliphatic heterocycles. The number of terminal acetylenes is 1. The van der Waals surface area contributed by atoms with Crippen LogP contribution in [-0.4, -0.2) is 37.1 Å². The van der Waals surface area contributed by atoms with Gasteiger partial charge < -0.3 is 9.64 Å². The van der Waals surface area contributed by atoms with Gasteiger partial charge in [-0.05, 0) is 24.6 Å². The summed E-state index contributed by atoms with van der Waals surface area (Å²) >= 11 is 0. The molecule has 0 saturated carbocycles. The number of morpholine rings is 1. The van der Waals surface area contributed by atoms with E-state index in [2.05, 4.69) is 5.92 Å². The summed E-state index contributed by atoms with van der Waals surface area (Å²) < 4.78 is 5.22. The van der Waals surface area contributed by atoms with Gasteiger partial charge in [-0.15, -0.1) is 6.42 Å². The molecule has 1 aromatic carbocycles. The number of aryl methyl sites for hydroxylation is 1. The quantitative estimate of drug-likeness (QED) is 0.682. The molecule has 3 nitrogen and oxygen atoms in total. The maximum Gasteiger partial charge on any atom is 0.254 e. The molecular formula is C14H15NO2. The first kappa shape index (κ1) is 11.7. The van der Waals surface area contributed by atoms with Crippen LogP contribution < -0.4 is 0 Å². The second-order valence-corrected chi connectivity index (χ2v) is 4.08. The molecule has 1 aliphatic rings. The molecular weight excluding hydrogens is 214 g/mol. The van der Waals surface area contributed by atoms with E-state index in [1.807, 2.05) is 19.1 Å². The molecule has 0 unspecified atom stereocenters. The number of carbonyl (C=O) groups is 1. The lowest BCUT2D eigenvalue weighted by Gasteiger charge is -2.27. The molecule has 0 aromatic heterocycles. The smallest absolute Gasteiger partial charge is 0.254 e. The average molecular weight is 229 g/mol. The van der Waals surface area contributed by atoms with E-state index >= 15 is 0 Å². The van der Waals surface area contributed by atoms with Crippen molar-refractivity contribution in [3.63, 3.8) is 0 Å². The summed E-state index contributed by atoms with van der Waals surface area (Å²) in [6.07, 6.45) is 5.40. The Morgan fingerprint density at radius 2 is 2.12 bits per heavy atom. The third-order valence-electron chi connectivity index (χ3n) is 2.94. The van der Waals surface area contributed by atoms with E-state index in [1.54, 1.807) is 11.0 Å². The zero-order valence-electron chi connectivity index (χ0n) is 9.90. The molecule has 0 atom stereocenters. The van der Waals surface area contributed by atoms with Gasteiger partial charge in [-0.25, -0.2) is 0 Å². The van der Waals surface area contributed by atoms with Gasteiger partial charge in [0, 0.05) is 24.2 Å². The van der Waals surface area contributed by atoms with Crippen LogP contribution in [0.2, 0.25) is 0 Å². The highest BCUT2D eigenvalue weighted by molar-refractivity contribution is 5.94. The zero-order valence-corrected chi connectivity index (χ0v) is 9.90. The van der Waals surface area contributed by atoms with Gasteiger partial charge in [0.2, 0.25) is 0 Å². The van der Waals surface area contributed by atoms with E-state index in [-0.39, 0.29) is 5.91 Å². The summed E-state index contributed by atoms with van der Waals surface area (Å²) in [4.78, 5) is 14.0. The Hall–Kier alpha value is -1.79. The molecule has 17 heavy (non-hydrogen) atoms. The average Bonchev–Trinajstić information content (AvgIpc) is 2.39. The topological polar surface area (TPSA) is 29.5 Å². The van der Waals surface area contributed by atoms with Crippen molar-refractivity contribution >= 4 is 5.91 Å². The summed E-state index contributed by atoms with van der Waals surface area (Å²) in [5.74, 6) is 2.63. The highest BCUT2D eigenvalue weighted by atomic mass is 16.5. The number of amides is 1. The van der Waals surface area contributed by atoms with Crippen LogP contribution >= 0.6 is 0 Å². The first-order valence-corrected chi connectivity index (χ1v) is 5.66. The largest absolute Gasteiger partial charge is 0.378 e. The van der Waals surface area contributed by atoms with Crippen molar-refractivity contribution in [3.05, 3.63) is 34.9 Å². The molecule has 0 N–H and O–H groups in total. The van der Waals surface area contributed by atoms with Crippen molar-refractivity contribution in [1.29, 1.82) is 0 Å². The van der Waals surface area contributed by atoms with Gasteiger partial charge in [-0.3, -0.25) is 4.79 Å². The van der Waals surface area contributed by atoms with Gasteiger partial charge in [0.05, 0.1) is 13.2 Å². The Bertz CT molecular complexity index is 468. The number of benzene rings is 1. The van der Waals surface area contributed by atoms with E-state index in [1.165, 1.54) is 0 Å². The van der Waals surface area contributed by atoms with E-state index < -0.39 is 0 Å². The third-order valence-corrected chi connectivity index (χ3v) is 2.94. The molecule has 0 radical (unpaired) electrons. The maximum atomic E-state index is 12.2. The number of rotatable bonds is 1. The molecule has 88 valence electrons. The van der Waals surface area contributed by atoms with E-state index in [9.17, 15) is 4.79 Å². The number of hydrogen-bond donors (Lipinski definition) is 0. The fourth-order valence-electron chi connectivity index (χ4n) is 1.86. The Labute approximate surface area is 101 Å². The van der Waals surface area contributed by atoms with Gasteiger partial charge in [-0.2, -0.15) is 0 Å². The molecule has 1 heterocycles. The zero-order chi connectivity index (χ0) is 12.3. The van der Waals surface area contributed by atoms with Gasteiger partial charge in [-0.1, -0.05) is 12.0 Å². The van der Waals surface area contributed by atoms with Crippen LogP contribution in [0, 0.1) is 19.3 Å². The Morgan fingerprint density at radius 1 is 1.41 bits per heavy atom. The number of ether oxygens (including phenoxy) is 1. The van der Waals surface area contributed by atoms with Crippen molar-refractivity contribution in [2.45, 2.75) is 6.92 Å². The molecule has 0 aliphatic carbocycles. The van der Waals surface area contributed by atoms with Crippen molar-refractivity contribution in [2.75, 3.05) is 26.3 Å². The van der Waals surface area contributed by atoms with Crippen LogP contribution in [0.15, 0.2) is 18.2 Å². The summed E-state index contributed by atoms with van der Waals surface area (Å²) in [5, 5.41) is 0. The Kier molecular flexibility index (Phi) is 3.46. The van der Waals surface area contributed by atoms with Crippen LogP contribution in [0.25, 0.3) is 0 Å². The normalized spacial score (nSPS) is 15.4. The number of nitrogens with zero attached hydrogens (tertiary/aromatic N) is 1. The molecule has 1 fully saturated rings. The first-order chi connectivity index (χ1) is 8.22. The van der Waals surface area contributed by atoms with Crippen molar-refractivity contribution in [2.24, 2.45) is 0 Å². The van der Waals surface area contributed by atoms with Gasteiger partial charge >= 0.3 is 0 Å². The van der Waals surface area contributed by atoms with Gasteiger partial charge in [0.1, 0.15) is 0 Å². The molecule has 3 heteroatoms. The van der Waals surface area contributed by atoms with Crippen LogP contribution in [-0.2, 0) is 4.74 Å². The monoisotopic (exact) mass is 229 g/mol. The minimum absolute atomic E-state index is 0.0322. The molecule has 1 saturated heterocycles. The standard InChI is InChI=1S/C14H15NO2/c1-3-12-10-13(5-4-11(12)2)14(16)15-6-8-17-9-7-15/h1,4-5,10H,6-9H2,2H3. The Morgan fingerprint density at radius 3 is 2.76 bits per heavy atom. The van der Waals surface area contributed by atoms with Gasteiger partial charge in [0.25, 0.3) is 5.91 Å².